The zero-order valence-electron chi connectivity index (χ0n) is 20.3. The summed E-state index contributed by atoms with van der Waals surface area (Å²) in [5.41, 5.74) is 4.73. The number of aromatic nitrogens is 2. The summed E-state index contributed by atoms with van der Waals surface area (Å²) in [5.74, 6) is 1.28. The van der Waals surface area contributed by atoms with Gasteiger partial charge in [-0.15, -0.1) is 0 Å². The molecule has 0 saturated carbocycles. The first-order valence-corrected chi connectivity index (χ1v) is 12.5. The van der Waals surface area contributed by atoms with Crippen molar-refractivity contribution in [2.24, 2.45) is 0 Å². The molecule has 1 fully saturated rings. The van der Waals surface area contributed by atoms with Gasteiger partial charge in [-0.3, -0.25) is 0 Å². The van der Waals surface area contributed by atoms with Crippen LogP contribution in [0.25, 0.3) is 11.1 Å². The summed E-state index contributed by atoms with van der Waals surface area (Å²) < 4.78 is 5.67. The molecular formula is C27H32ClN5O2. The van der Waals surface area contributed by atoms with Crippen LogP contribution in [0.5, 0.6) is 5.88 Å². The third kappa shape index (κ3) is 4.86. The molecule has 0 bridgehead atoms. The molecular weight excluding hydrogens is 462 g/mol. The summed E-state index contributed by atoms with van der Waals surface area (Å²) in [5, 5.41) is 14.4. The molecule has 2 aliphatic heterocycles. The van der Waals surface area contributed by atoms with Gasteiger partial charge < -0.3 is 25.0 Å². The molecule has 0 atom stereocenters. The Labute approximate surface area is 211 Å². The van der Waals surface area contributed by atoms with Crippen molar-refractivity contribution < 1.29 is 9.84 Å². The molecule has 0 amide bonds. The Hall–Kier alpha value is -2.71. The van der Waals surface area contributed by atoms with Crippen LogP contribution in [0.15, 0.2) is 48.5 Å². The van der Waals surface area contributed by atoms with Gasteiger partial charge in [-0.1, -0.05) is 54.1 Å². The largest absolute Gasteiger partial charge is 0.481 e. The molecule has 1 aromatic heterocycles. The van der Waals surface area contributed by atoms with Crippen LogP contribution >= 0.6 is 11.6 Å². The van der Waals surface area contributed by atoms with Gasteiger partial charge in [0, 0.05) is 11.1 Å². The number of hydrogen-bond donors (Lipinski definition) is 2. The zero-order valence-corrected chi connectivity index (χ0v) is 21.1. The predicted molar refractivity (Wildman–Crippen MR) is 139 cm³/mol. The average molecular weight is 494 g/mol. The van der Waals surface area contributed by atoms with Gasteiger partial charge in [0.25, 0.3) is 0 Å². The van der Waals surface area contributed by atoms with Gasteiger partial charge in [0.1, 0.15) is 5.82 Å². The fourth-order valence-electron chi connectivity index (χ4n) is 5.00. The first-order chi connectivity index (χ1) is 17.0. The number of ether oxygens (including phenoxy) is 1. The standard InChI is InChI=1S/C27H32ClN5O2/c1-32-13-11-27(18-34,12-14-32)29-15-24-30-22-17-33(16-21(22)26(31-24)35-2)23-10-6-9-20(25(23)28)19-7-4-3-5-8-19/h3-10,29,34H,11-18H2,1-2H3. The van der Waals surface area contributed by atoms with Gasteiger partial charge in [0.2, 0.25) is 5.88 Å². The van der Waals surface area contributed by atoms with E-state index < -0.39 is 0 Å². The Bertz CT molecular complexity index is 1180. The first-order valence-electron chi connectivity index (χ1n) is 12.1. The molecule has 0 spiro atoms. The van der Waals surface area contributed by atoms with Crippen LogP contribution in [0, 0.1) is 0 Å². The predicted octanol–water partition coefficient (Wildman–Crippen LogP) is 3.87. The number of halogens is 1. The van der Waals surface area contributed by atoms with Gasteiger partial charge in [0.05, 0.1) is 55.3 Å². The molecule has 0 radical (unpaired) electrons. The molecule has 1 saturated heterocycles. The van der Waals surface area contributed by atoms with E-state index in [1.54, 1.807) is 7.11 Å². The number of likely N-dealkylation sites (tertiary alicyclic amines) is 1. The number of aliphatic hydroxyl groups excluding tert-OH is 1. The van der Waals surface area contributed by atoms with E-state index in [0.29, 0.717) is 31.3 Å². The van der Waals surface area contributed by atoms with Crippen LogP contribution in [-0.2, 0) is 19.6 Å². The highest BCUT2D eigenvalue weighted by Crippen LogP contribution is 2.40. The van der Waals surface area contributed by atoms with Gasteiger partial charge in [0.15, 0.2) is 0 Å². The van der Waals surface area contributed by atoms with Crippen molar-refractivity contribution in [3.63, 3.8) is 0 Å². The third-order valence-electron chi connectivity index (χ3n) is 7.26. The molecule has 3 heterocycles. The smallest absolute Gasteiger partial charge is 0.221 e. The van der Waals surface area contributed by atoms with Crippen molar-refractivity contribution >= 4 is 17.3 Å². The number of piperidine rings is 1. The Morgan fingerprint density at radius 3 is 2.54 bits per heavy atom. The van der Waals surface area contributed by atoms with Crippen molar-refractivity contribution in [3.8, 4) is 17.0 Å². The van der Waals surface area contributed by atoms with Crippen molar-refractivity contribution in [3.05, 3.63) is 70.6 Å². The Balaban J connectivity index is 1.37. The van der Waals surface area contributed by atoms with E-state index in [2.05, 4.69) is 40.4 Å². The summed E-state index contributed by atoms with van der Waals surface area (Å²) >= 11 is 6.90. The fourth-order valence-corrected chi connectivity index (χ4v) is 5.36. The Morgan fingerprint density at radius 1 is 1.06 bits per heavy atom. The van der Waals surface area contributed by atoms with Crippen LogP contribution in [0.2, 0.25) is 5.02 Å². The lowest BCUT2D eigenvalue weighted by Crippen LogP contribution is -2.54. The molecule has 0 unspecified atom stereocenters. The van der Waals surface area contributed by atoms with Crippen LogP contribution in [-0.4, -0.2) is 59.4 Å². The highest BCUT2D eigenvalue weighted by Gasteiger charge is 2.33. The number of fused-ring (bicyclic) bond motifs is 1. The second-order valence-corrected chi connectivity index (χ2v) is 9.91. The summed E-state index contributed by atoms with van der Waals surface area (Å²) in [6, 6.07) is 16.3. The first kappa shape index (κ1) is 24.0. The van der Waals surface area contributed by atoms with Gasteiger partial charge >= 0.3 is 0 Å². The quantitative estimate of drug-likeness (QED) is 0.517. The van der Waals surface area contributed by atoms with E-state index >= 15 is 0 Å². The zero-order chi connectivity index (χ0) is 24.4. The maximum atomic E-state index is 10.1. The molecule has 2 aromatic carbocycles. The topological polar surface area (TPSA) is 73.7 Å². The van der Waals surface area contributed by atoms with Crippen LogP contribution < -0.4 is 15.0 Å². The number of nitrogens with zero attached hydrogens (tertiary/aromatic N) is 4. The van der Waals surface area contributed by atoms with Crippen LogP contribution in [0.4, 0.5) is 5.69 Å². The Kier molecular flexibility index (Phi) is 6.93. The molecule has 2 N–H and O–H groups in total. The van der Waals surface area contributed by atoms with E-state index in [1.165, 1.54) is 0 Å². The average Bonchev–Trinajstić information content (AvgIpc) is 3.33. The molecule has 5 rings (SSSR count). The maximum absolute atomic E-state index is 10.1. The van der Waals surface area contributed by atoms with E-state index in [4.69, 9.17) is 26.3 Å². The van der Waals surface area contributed by atoms with E-state index in [0.717, 1.165) is 59.0 Å². The minimum atomic E-state index is -0.292. The summed E-state index contributed by atoms with van der Waals surface area (Å²) in [7, 11) is 3.76. The van der Waals surface area contributed by atoms with Crippen molar-refractivity contribution in [1.29, 1.82) is 0 Å². The summed E-state index contributed by atoms with van der Waals surface area (Å²) in [6.45, 7) is 3.77. The third-order valence-corrected chi connectivity index (χ3v) is 7.65. The van der Waals surface area contributed by atoms with Gasteiger partial charge in [-0.2, -0.15) is 4.98 Å². The second kappa shape index (κ2) is 10.1. The summed E-state index contributed by atoms with van der Waals surface area (Å²) in [6.07, 6.45) is 1.79. The number of hydrogen-bond acceptors (Lipinski definition) is 7. The molecule has 0 aliphatic carbocycles. The highest BCUT2D eigenvalue weighted by atomic mass is 35.5. The number of aliphatic hydroxyl groups is 1. The monoisotopic (exact) mass is 493 g/mol. The van der Waals surface area contributed by atoms with Gasteiger partial charge in [-0.05, 0) is 44.6 Å². The fraction of sp³-hybridized carbons (Fsp3) is 0.407. The van der Waals surface area contributed by atoms with Crippen molar-refractivity contribution in [1.82, 2.24) is 20.2 Å². The molecule has 184 valence electrons. The normalized spacial score (nSPS) is 17.4. The van der Waals surface area contributed by atoms with E-state index in [-0.39, 0.29) is 12.1 Å². The second-order valence-electron chi connectivity index (χ2n) is 9.53. The number of nitrogens with one attached hydrogen (secondary N) is 1. The minimum absolute atomic E-state index is 0.104. The molecule has 7 nitrogen and oxygen atoms in total. The van der Waals surface area contributed by atoms with Gasteiger partial charge in [-0.25, -0.2) is 4.98 Å². The molecule has 3 aromatic rings. The SMILES string of the molecule is COc1nc(CNC2(CO)CCN(C)CC2)nc2c1CN(c1cccc(-c3ccccc3)c1Cl)C2. The molecule has 35 heavy (non-hydrogen) atoms. The lowest BCUT2D eigenvalue weighted by Gasteiger charge is -2.40. The number of methoxy groups -OCH3 is 1. The lowest BCUT2D eigenvalue weighted by atomic mass is 9.88. The Morgan fingerprint density at radius 2 is 1.83 bits per heavy atom. The highest BCUT2D eigenvalue weighted by molar-refractivity contribution is 6.36. The molecule has 2 aliphatic rings. The lowest BCUT2D eigenvalue weighted by molar-refractivity contribution is 0.0873. The maximum Gasteiger partial charge on any atom is 0.221 e. The van der Waals surface area contributed by atoms with Crippen molar-refractivity contribution in [2.75, 3.05) is 38.8 Å². The number of rotatable bonds is 7. The summed E-state index contributed by atoms with van der Waals surface area (Å²) in [4.78, 5) is 14.1. The van der Waals surface area contributed by atoms with Crippen LogP contribution in [0.1, 0.15) is 29.9 Å². The van der Waals surface area contributed by atoms with Crippen LogP contribution in [0.3, 0.4) is 0 Å². The number of benzene rings is 2. The van der Waals surface area contributed by atoms with Crippen molar-refractivity contribution in [2.45, 2.75) is 38.0 Å². The molecule has 8 heteroatoms. The minimum Gasteiger partial charge on any atom is -0.481 e. The number of anilines is 1. The van der Waals surface area contributed by atoms with E-state index in [1.807, 2.05) is 30.3 Å². The van der Waals surface area contributed by atoms with E-state index in [9.17, 15) is 5.11 Å².